The summed E-state index contributed by atoms with van der Waals surface area (Å²) in [6.07, 6.45) is 1.68. The molecule has 2 aromatic heterocycles. The minimum absolute atomic E-state index is 0.0461. The maximum Gasteiger partial charge on any atom is 0.358 e. The molecular weight excluding hydrogens is 385 g/mol. The normalized spacial score (nSPS) is 10.3. The fourth-order valence-electron chi connectivity index (χ4n) is 2.03. The molecule has 144 valence electrons. The van der Waals surface area contributed by atoms with Crippen molar-refractivity contribution in [2.75, 3.05) is 22.9 Å². The Hall–Kier alpha value is -3.60. The Kier molecular flexibility index (Phi) is 6.07. The summed E-state index contributed by atoms with van der Waals surface area (Å²) in [5.41, 5.74) is 6.41. The number of benzene rings is 1. The Balaban J connectivity index is 1.63. The Bertz CT molecular complexity index is 978. The van der Waals surface area contributed by atoms with E-state index in [1.165, 1.54) is 35.6 Å². The van der Waals surface area contributed by atoms with Crippen LogP contribution in [0.2, 0.25) is 0 Å². The Morgan fingerprint density at radius 3 is 2.79 bits per heavy atom. The highest BCUT2D eigenvalue weighted by molar-refractivity contribution is 7.13. The number of thiazole rings is 1. The number of nitrogens with one attached hydrogen (secondary N) is 2. The summed E-state index contributed by atoms with van der Waals surface area (Å²) >= 11 is 1.28. The maximum absolute atomic E-state index is 13.0. The number of hydrogen-bond donors (Lipinski definition) is 3. The lowest BCUT2D eigenvalue weighted by molar-refractivity contribution is 0.0456. The van der Waals surface area contributed by atoms with Crippen LogP contribution in [-0.4, -0.2) is 32.4 Å². The van der Waals surface area contributed by atoms with Crippen LogP contribution in [0.1, 0.15) is 16.3 Å². The van der Waals surface area contributed by atoms with Crippen molar-refractivity contribution in [3.05, 3.63) is 59.6 Å². The standard InChI is InChI=1S/C17H16FN7O2S/c1-2-7-20-17-22-12(9-28-17)14(26)27-8-13-23-15(19)25-16(24-13)21-11-5-3-10(18)4-6-11/h2-6,9H,1,7-8H2,(H,20,22)(H3,19,21,23,24,25). The van der Waals surface area contributed by atoms with Crippen molar-refractivity contribution in [1.29, 1.82) is 0 Å². The maximum atomic E-state index is 13.0. The van der Waals surface area contributed by atoms with Crippen molar-refractivity contribution in [3.8, 4) is 0 Å². The fourth-order valence-corrected chi connectivity index (χ4v) is 2.72. The van der Waals surface area contributed by atoms with Gasteiger partial charge in [-0.3, -0.25) is 0 Å². The number of nitrogen functional groups attached to an aromatic ring is 1. The van der Waals surface area contributed by atoms with Crippen LogP contribution in [-0.2, 0) is 11.3 Å². The van der Waals surface area contributed by atoms with Gasteiger partial charge in [0.05, 0.1) is 0 Å². The van der Waals surface area contributed by atoms with Gasteiger partial charge in [0.25, 0.3) is 0 Å². The predicted molar refractivity (Wildman–Crippen MR) is 104 cm³/mol. The number of aromatic nitrogens is 4. The zero-order chi connectivity index (χ0) is 19.9. The van der Waals surface area contributed by atoms with E-state index in [0.29, 0.717) is 17.4 Å². The molecule has 0 amide bonds. The molecule has 9 nitrogen and oxygen atoms in total. The van der Waals surface area contributed by atoms with E-state index in [0.717, 1.165) is 0 Å². The van der Waals surface area contributed by atoms with Crippen molar-refractivity contribution >= 4 is 40.0 Å². The SMILES string of the molecule is C=CCNc1nc(C(=O)OCc2nc(N)nc(Nc3ccc(F)cc3)n2)cs1. The summed E-state index contributed by atoms with van der Waals surface area (Å²) in [6, 6.07) is 5.63. The number of carbonyl (C=O) groups excluding carboxylic acids is 1. The summed E-state index contributed by atoms with van der Waals surface area (Å²) < 4.78 is 18.2. The first kappa shape index (κ1) is 19.2. The van der Waals surface area contributed by atoms with Crippen molar-refractivity contribution in [3.63, 3.8) is 0 Å². The number of anilines is 4. The van der Waals surface area contributed by atoms with Crippen LogP contribution in [0.4, 0.5) is 27.1 Å². The number of hydrogen-bond acceptors (Lipinski definition) is 10. The molecule has 0 radical (unpaired) electrons. The molecule has 0 aliphatic carbocycles. The number of halogens is 1. The fraction of sp³-hybridized carbons (Fsp3) is 0.118. The van der Waals surface area contributed by atoms with Gasteiger partial charge in [-0.25, -0.2) is 14.2 Å². The molecular formula is C17H16FN7O2S. The van der Waals surface area contributed by atoms with Crippen LogP contribution < -0.4 is 16.4 Å². The molecule has 0 aliphatic rings. The third-order valence-corrected chi connectivity index (χ3v) is 4.04. The summed E-state index contributed by atoms with van der Waals surface area (Å²) in [5, 5.41) is 8.03. The van der Waals surface area contributed by atoms with E-state index in [1.54, 1.807) is 11.5 Å². The molecule has 0 aliphatic heterocycles. The van der Waals surface area contributed by atoms with Crippen LogP contribution in [0.3, 0.4) is 0 Å². The van der Waals surface area contributed by atoms with Crippen LogP contribution in [0.15, 0.2) is 42.3 Å². The molecule has 3 aromatic rings. The summed E-state index contributed by atoms with van der Waals surface area (Å²) in [7, 11) is 0. The quantitative estimate of drug-likeness (QED) is 0.385. The Labute approximate surface area is 163 Å². The first-order valence-electron chi connectivity index (χ1n) is 8.04. The average molecular weight is 401 g/mol. The number of nitrogens with two attached hydrogens (primary N) is 1. The zero-order valence-electron chi connectivity index (χ0n) is 14.6. The molecule has 3 rings (SSSR count). The molecule has 0 bridgehead atoms. The van der Waals surface area contributed by atoms with Gasteiger partial charge < -0.3 is 21.1 Å². The molecule has 2 heterocycles. The van der Waals surface area contributed by atoms with Gasteiger partial charge in [0.2, 0.25) is 11.9 Å². The van der Waals surface area contributed by atoms with Gasteiger partial charge in [-0.1, -0.05) is 6.08 Å². The molecule has 0 spiro atoms. The lowest BCUT2D eigenvalue weighted by atomic mass is 10.3. The van der Waals surface area contributed by atoms with Crippen LogP contribution in [0.25, 0.3) is 0 Å². The minimum Gasteiger partial charge on any atom is -0.453 e. The van der Waals surface area contributed by atoms with E-state index >= 15 is 0 Å². The highest BCUT2D eigenvalue weighted by Gasteiger charge is 2.14. The second-order valence-electron chi connectivity index (χ2n) is 5.35. The minimum atomic E-state index is -0.616. The third kappa shape index (κ3) is 5.20. The van der Waals surface area contributed by atoms with Crippen molar-refractivity contribution in [2.45, 2.75) is 6.61 Å². The number of ether oxygens (including phenoxy) is 1. The second kappa shape index (κ2) is 8.86. The molecule has 0 unspecified atom stereocenters. The van der Waals surface area contributed by atoms with Gasteiger partial charge in [0.1, 0.15) is 5.82 Å². The molecule has 0 atom stereocenters. The number of rotatable bonds is 8. The Morgan fingerprint density at radius 1 is 1.25 bits per heavy atom. The number of esters is 1. The topological polar surface area (TPSA) is 128 Å². The second-order valence-corrected chi connectivity index (χ2v) is 6.21. The average Bonchev–Trinajstić information content (AvgIpc) is 3.15. The van der Waals surface area contributed by atoms with E-state index < -0.39 is 5.97 Å². The predicted octanol–water partition coefficient (Wildman–Crippen LogP) is 2.75. The molecule has 0 saturated heterocycles. The van der Waals surface area contributed by atoms with Gasteiger partial charge in [0.15, 0.2) is 23.3 Å². The summed E-state index contributed by atoms with van der Waals surface area (Å²) in [6.45, 7) is 3.92. The van der Waals surface area contributed by atoms with Crippen molar-refractivity contribution in [2.24, 2.45) is 0 Å². The third-order valence-electron chi connectivity index (χ3n) is 3.24. The Morgan fingerprint density at radius 2 is 2.04 bits per heavy atom. The zero-order valence-corrected chi connectivity index (χ0v) is 15.4. The van der Waals surface area contributed by atoms with Gasteiger partial charge in [-0.15, -0.1) is 17.9 Å². The number of carbonyl (C=O) groups is 1. The van der Waals surface area contributed by atoms with E-state index in [-0.39, 0.29) is 35.8 Å². The van der Waals surface area contributed by atoms with Crippen LogP contribution >= 0.6 is 11.3 Å². The highest BCUT2D eigenvalue weighted by Crippen LogP contribution is 2.17. The van der Waals surface area contributed by atoms with Gasteiger partial charge in [0, 0.05) is 17.6 Å². The van der Waals surface area contributed by atoms with E-state index in [1.807, 2.05) is 0 Å². The van der Waals surface area contributed by atoms with E-state index in [4.69, 9.17) is 10.5 Å². The van der Waals surface area contributed by atoms with Crippen molar-refractivity contribution < 1.29 is 13.9 Å². The van der Waals surface area contributed by atoms with Gasteiger partial charge in [-0.05, 0) is 24.3 Å². The first-order chi connectivity index (χ1) is 13.5. The lowest BCUT2D eigenvalue weighted by Gasteiger charge is -2.07. The largest absolute Gasteiger partial charge is 0.453 e. The van der Waals surface area contributed by atoms with Gasteiger partial charge >= 0.3 is 5.97 Å². The lowest BCUT2D eigenvalue weighted by Crippen LogP contribution is -2.11. The smallest absolute Gasteiger partial charge is 0.358 e. The first-order valence-corrected chi connectivity index (χ1v) is 8.92. The van der Waals surface area contributed by atoms with Crippen LogP contribution in [0.5, 0.6) is 0 Å². The van der Waals surface area contributed by atoms with Crippen molar-refractivity contribution in [1.82, 2.24) is 19.9 Å². The van der Waals surface area contributed by atoms with Crippen LogP contribution in [0, 0.1) is 5.82 Å². The molecule has 0 fully saturated rings. The molecule has 4 N–H and O–H groups in total. The van der Waals surface area contributed by atoms with E-state index in [2.05, 4.69) is 37.1 Å². The summed E-state index contributed by atoms with van der Waals surface area (Å²) in [5.74, 6) is -0.719. The number of nitrogens with zero attached hydrogens (tertiary/aromatic N) is 4. The molecule has 11 heteroatoms. The molecule has 1 aromatic carbocycles. The monoisotopic (exact) mass is 401 g/mol. The molecule has 0 saturated carbocycles. The summed E-state index contributed by atoms with van der Waals surface area (Å²) in [4.78, 5) is 28.3. The van der Waals surface area contributed by atoms with E-state index in [9.17, 15) is 9.18 Å². The molecule has 28 heavy (non-hydrogen) atoms. The highest BCUT2D eigenvalue weighted by atomic mass is 32.1. The van der Waals surface area contributed by atoms with Gasteiger partial charge in [-0.2, -0.15) is 15.0 Å².